The Bertz CT molecular complexity index is 436. The molecular formula is C14H23F4N5. The van der Waals surface area contributed by atoms with Gasteiger partial charge < -0.3 is 11.5 Å². The molecule has 0 saturated heterocycles. The van der Waals surface area contributed by atoms with Gasteiger partial charge in [-0.1, -0.05) is 0 Å². The summed E-state index contributed by atoms with van der Waals surface area (Å²) in [6.07, 6.45) is 0.873. The number of hydrogen-bond donors (Lipinski definition) is 3. The molecule has 0 spiro atoms. The van der Waals surface area contributed by atoms with Gasteiger partial charge in [-0.25, -0.2) is 27.5 Å². The molecule has 0 aromatic rings. The molecule has 2 aliphatic carbocycles. The summed E-state index contributed by atoms with van der Waals surface area (Å²) < 4.78 is 53.2. The summed E-state index contributed by atoms with van der Waals surface area (Å²) in [6, 6.07) is -1.14. The monoisotopic (exact) mass is 337 g/mol. The van der Waals surface area contributed by atoms with Gasteiger partial charge in [0.1, 0.15) is 0 Å². The van der Waals surface area contributed by atoms with Gasteiger partial charge in [0.25, 0.3) is 0 Å². The van der Waals surface area contributed by atoms with E-state index in [1.807, 2.05) is 0 Å². The van der Waals surface area contributed by atoms with Gasteiger partial charge in [-0.2, -0.15) is 0 Å². The van der Waals surface area contributed by atoms with E-state index in [0.29, 0.717) is 25.7 Å². The molecule has 0 amide bonds. The third-order valence-corrected chi connectivity index (χ3v) is 4.13. The molecule has 2 aliphatic rings. The van der Waals surface area contributed by atoms with Gasteiger partial charge in [0, 0.05) is 25.7 Å². The van der Waals surface area contributed by atoms with Crippen molar-refractivity contribution in [3.05, 3.63) is 0 Å². The van der Waals surface area contributed by atoms with E-state index in [1.54, 1.807) is 0 Å². The van der Waals surface area contributed by atoms with Crippen molar-refractivity contribution in [2.24, 2.45) is 21.5 Å². The molecule has 23 heavy (non-hydrogen) atoms. The molecule has 2 rings (SSSR count). The molecule has 0 aromatic heterocycles. The predicted octanol–water partition coefficient (Wildman–Crippen LogP) is 2.36. The second kappa shape index (κ2) is 6.92. The van der Waals surface area contributed by atoms with E-state index in [0.717, 1.165) is 0 Å². The van der Waals surface area contributed by atoms with E-state index in [4.69, 9.17) is 11.5 Å². The summed E-state index contributed by atoms with van der Waals surface area (Å²) >= 11 is 0. The minimum absolute atomic E-state index is 0.114. The predicted molar refractivity (Wildman–Crippen MR) is 80.8 cm³/mol. The minimum atomic E-state index is -2.72. The first-order chi connectivity index (χ1) is 10.7. The number of guanidine groups is 2. The van der Waals surface area contributed by atoms with E-state index in [9.17, 15) is 17.6 Å². The summed E-state index contributed by atoms with van der Waals surface area (Å²) in [5, 5.41) is 2.49. The van der Waals surface area contributed by atoms with Crippen molar-refractivity contribution in [2.75, 3.05) is 0 Å². The number of nitrogens with one attached hydrogen (secondary N) is 1. The second-order valence-electron chi connectivity index (χ2n) is 6.37. The largest absolute Gasteiger partial charge is 0.370 e. The Balaban J connectivity index is 1.89. The lowest BCUT2D eigenvalue weighted by Gasteiger charge is -2.27. The number of nitrogens with two attached hydrogens (primary N) is 2. The number of rotatable bonds is 2. The van der Waals surface area contributed by atoms with Gasteiger partial charge in [0.15, 0.2) is 11.9 Å². The number of aliphatic imine (C=N–C) groups is 2. The average molecular weight is 337 g/mol. The van der Waals surface area contributed by atoms with Crippen LogP contribution < -0.4 is 16.8 Å². The van der Waals surface area contributed by atoms with Crippen molar-refractivity contribution in [3.8, 4) is 0 Å². The van der Waals surface area contributed by atoms with E-state index >= 15 is 0 Å². The van der Waals surface area contributed by atoms with Crippen molar-refractivity contribution < 1.29 is 17.6 Å². The highest BCUT2D eigenvalue weighted by Gasteiger charge is 2.37. The molecular weight excluding hydrogens is 314 g/mol. The Morgan fingerprint density at radius 3 is 1.57 bits per heavy atom. The lowest BCUT2D eigenvalue weighted by molar-refractivity contribution is -0.0399. The fourth-order valence-electron chi connectivity index (χ4n) is 3.10. The molecule has 2 saturated carbocycles. The van der Waals surface area contributed by atoms with Crippen LogP contribution in [0.15, 0.2) is 9.98 Å². The normalized spacial score (nSPS) is 31.7. The molecule has 2 fully saturated rings. The van der Waals surface area contributed by atoms with Crippen molar-refractivity contribution in [1.82, 2.24) is 5.32 Å². The molecule has 0 heterocycles. The van der Waals surface area contributed by atoms with Crippen LogP contribution >= 0.6 is 0 Å². The molecule has 132 valence electrons. The highest BCUT2D eigenvalue weighted by atomic mass is 19.3. The van der Waals surface area contributed by atoms with Crippen LogP contribution in [0.25, 0.3) is 0 Å². The summed E-state index contributed by atoms with van der Waals surface area (Å²) in [5.74, 6) is -5.67. The van der Waals surface area contributed by atoms with Crippen LogP contribution in [0.1, 0.15) is 51.4 Å². The molecule has 5 N–H and O–H groups in total. The zero-order chi connectivity index (χ0) is 17.1. The SMILES string of the molecule is NC(=NC1CCCC(F)(F)C1)NC(N)=NC1CCCC(F)(F)C1. The maximum atomic E-state index is 13.3. The van der Waals surface area contributed by atoms with Crippen molar-refractivity contribution in [2.45, 2.75) is 75.3 Å². The molecule has 2 atom stereocenters. The first-order valence-corrected chi connectivity index (χ1v) is 7.84. The quantitative estimate of drug-likeness (QED) is 0.410. The Kier molecular flexibility index (Phi) is 5.36. The van der Waals surface area contributed by atoms with Crippen LogP contribution in [-0.2, 0) is 0 Å². The van der Waals surface area contributed by atoms with E-state index in [2.05, 4.69) is 15.3 Å². The maximum Gasteiger partial charge on any atom is 0.250 e. The van der Waals surface area contributed by atoms with Crippen LogP contribution in [0.2, 0.25) is 0 Å². The number of halogens is 4. The summed E-state index contributed by atoms with van der Waals surface area (Å²) in [5.41, 5.74) is 11.3. The Morgan fingerprint density at radius 1 is 0.826 bits per heavy atom. The molecule has 5 nitrogen and oxygen atoms in total. The number of nitrogens with zero attached hydrogens (tertiary/aromatic N) is 2. The van der Waals surface area contributed by atoms with Crippen LogP contribution in [0, 0.1) is 0 Å². The molecule has 0 aromatic carbocycles. The Labute approximate surface area is 132 Å². The van der Waals surface area contributed by atoms with E-state index < -0.39 is 23.9 Å². The van der Waals surface area contributed by atoms with Gasteiger partial charge >= 0.3 is 0 Å². The van der Waals surface area contributed by atoms with Gasteiger partial charge in [0.2, 0.25) is 11.8 Å². The smallest absolute Gasteiger partial charge is 0.250 e. The Hall–Kier alpha value is -1.54. The standard InChI is InChI=1S/C14H23F4N5/c15-13(16)5-1-3-9(7-13)21-11(19)23-12(20)22-10-4-2-6-14(17,18)8-10/h9-10H,1-8H2,(H5,19,20,21,22,23). The van der Waals surface area contributed by atoms with Crippen molar-refractivity contribution in [1.29, 1.82) is 0 Å². The van der Waals surface area contributed by atoms with E-state index in [1.165, 1.54) is 0 Å². The Morgan fingerprint density at radius 2 is 1.22 bits per heavy atom. The highest BCUT2D eigenvalue weighted by molar-refractivity contribution is 5.97. The third kappa shape index (κ3) is 5.87. The van der Waals surface area contributed by atoms with Crippen molar-refractivity contribution >= 4 is 11.9 Å². The highest BCUT2D eigenvalue weighted by Crippen LogP contribution is 2.35. The fourth-order valence-corrected chi connectivity index (χ4v) is 3.10. The zero-order valence-corrected chi connectivity index (χ0v) is 12.9. The van der Waals surface area contributed by atoms with E-state index in [-0.39, 0.29) is 37.6 Å². The first kappa shape index (κ1) is 17.8. The van der Waals surface area contributed by atoms with Gasteiger partial charge in [-0.3, -0.25) is 5.32 Å². The van der Waals surface area contributed by atoms with Gasteiger partial charge in [-0.05, 0) is 25.7 Å². The molecule has 9 heteroatoms. The lowest BCUT2D eigenvalue weighted by atomic mass is 9.92. The first-order valence-electron chi connectivity index (χ1n) is 7.84. The summed E-state index contributed by atoms with van der Waals surface area (Å²) in [7, 11) is 0. The average Bonchev–Trinajstić information content (AvgIpc) is 2.35. The summed E-state index contributed by atoms with van der Waals surface area (Å²) in [6.45, 7) is 0. The van der Waals surface area contributed by atoms with Crippen LogP contribution in [0.4, 0.5) is 17.6 Å². The van der Waals surface area contributed by atoms with Gasteiger partial charge in [-0.15, -0.1) is 0 Å². The third-order valence-electron chi connectivity index (χ3n) is 4.13. The molecule has 0 bridgehead atoms. The van der Waals surface area contributed by atoms with Crippen LogP contribution in [0.3, 0.4) is 0 Å². The maximum absolute atomic E-state index is 13.3. The van der Waals surface area contributed by atoms with Crippen molar-refractivity contribution in [3.63, 3.8) is 0 Å². The zero-order valence-electron chi connectivity index (χ0n) is 12.9. The molecule has 0 aliphatic heterocycles. The fraction of sp³-hybridized carbons (Fsp3) is 0.857. The minimum Gasteiger partial charge on any atom is -0.370 e. The number of alkyl halides is 4. The lowest BCUT2D eigenvalue weighted by Crippen LogP contribution is -2.44. The van der Waals surface area contributed by atoms with Crippen LogP contribution in [0.5, 0.6) is 0 Å². The van der Waals surface area contributed by atoms with Crippen LogP contribution in [-0.4, -0.2) is 35.8 Å². The molecule has 0 radical (unpaired) electrons. The molecule has 2 unspecified atom stereocenters. The topological polar surface area (TPSA) is 88.8 Å². The number of hydrogen-bond acceptors (Lipinski definition) is 2. The second-order valence-corrected chi connectivity index (χ2v) is 6.37. The van der Waals surface area contributed by atoms with Gasteiger partial charge in [0.05, 0.1) is 12.1 Å². The summed E-state index contributed by atoms with van der Waals surface area (Å²) in [4.78, 5) is 7.98.